The SMILES string of the molecule is NCCNc1ccnc2cc[nH]c12. The van der Waals surface area contributed by atoms with Crippen molar-refractivity contribution >= 4 is 16.7 Å². The van der Waals surface area contributed by atoms with Crippen LogP contribution in [-0.4, -0.2) is 23.1 Å². The van der Waals surface area contributed by atoms with Crippen LogP contribution in [0.4, 0.5) is 5.69 Å². The van der Waals surface area contributed by atoms with Gasteiger partial charge in [0.1, 0.15) is 0 Å². The molecule has 0 unspecified atom stereocenters. The molecule has 2 aromatic heterocycles. The molecule has 0 spiro atoms. The van der Waals surface area contributed by atoms with Crippen molar-refractivity contribution in [3.05, 3.63) is 24.5 Å². The van der Waals surface area contributed by atoms with Crippen LogP contribution in [0.3, 0.4) is 0 Å². The van der Waals surface area contributed by atoms with Crippen molar-refractivity contribution in [2.24, 2.45) is 5.73 Å². The molecule has 2 heterocycles. The second-order valence-electron chi connectivity index (χ2n) is 2.81. The van der Waals surface area contributed by atoms with Crippen LogP contribution in [0.25, 0.3) is 11.0 Å². The van der Waals surface area contributed by atoms with E-state index in [-0.39, 0.29) is 0 Å². The maximum Gasteiger partial charge on any atom is 0.0900 e. The van der Waals surface area contributed by atoms with Gasteiger partial charge in [-0.15, -0.1) is 0 Å². The molecule has 68 valence electrons. The van der Waals surface area contributed by atoms with Gasteiger partial charge in [0, 0.05) is 25.5 Å². The van der Waals surface area contributed by atoms with Crippen LogP contribution >= 0.6 is 0 Å². The van der Waals surface area contributed by atoms with Crippen LogP contribution < -0.4 is 11.1 Å². The first-order valence-electron chi connectivity index (χ1n) is 4.28. The van der Waals surface area contributed by atoms with Crippen molar-refractivity contribution in [1.82, 2.24) is 9.97 Å². The standard InChI is InChI=1S/C9H12N4/c10-3-6-12-8-1-4-11-7-2-5-13-9(7)8/h1-2,4-5,13H,3,6,10H2,(H,11,12). The topological polar surface area (TPSA) is 66.7 Å². The Kier molecular flexibility index (Phi) is 2.14. The third kappa shape index (κ3) is 1.48. The largest absolute Gasteiger partial charge is 0.382 e. The number of nitrogens with two attached hydrogens (primary N) is 1. The summed E-state index contributed by atoms with van der Waals surface area (Å²) in [6.45, 7) is 1.41. The summed E-state index contributed by atoms with van der Waals surface area (Å²) in [5.41, 5.74) is 8.48. The molecule has 2 aromatic rings. The molecule has 13 heavy (non-hydrogen) atoms. The minimum absolute atomic E-state index is 0.629. The molecule has 4 nitrogen and oxygen atoms in total. The number of anilines is 1. The van der Waals surface area contributed by atoms with Crippen LogP contribution in [0, 0.1) is 0 Å². The molecule has 0 aliphatic heterocycles. The summed E-state index contributed by atoms with van der Waals surface area (Å²) in [7, 11) is 0. The first-order chi connectivity index (χ1) is 6.42. The lowest BCUT2D eigenvalue weighted by atomic mass is 10.3. The Morgan fingerprint density at radius 3 is 3.23 bits per heavy atom. The molecular formula is C9H12N4. The fraction of sp³-hybridized carbons (Fsp3) is 0.222. The van der Waals surface area contributed by atoms with Gasteiger partial charge in [-0.2, -0.15) is 0 Å². The molecule has 0 radical (unpaired) electrons. The first kappa shape index (κ1) is 8.07. The molecule has 4 N–H and O–H groups in total. The van der Waals surface area contributed by atoms with Gasteiger partial charge >= 0.3 is 0 Å². The smallest absolute Gasteiger partial charge is 0.0900 e. The van der Waals surface area contributed by atoms with Gasteiger partial charge in [0.25, 0.3) is 0 Å². The molecule has 0 saturated heterocycles. The summed E-state index contributed by atoms with van der Waals surface area (Å²) in [4.78, 5) is 7.34. The average molecular weight is 176 g/mol. The van der Waals surface area contributed by atoms with Gasteiger partial charge < -0.3 is 16.0 Å². The van der Waals surface area contributed by atoms with E-state index in [9.17, 15) is 0 Å². The van der Waals surface area contributed by atoms with E-state index in [1.54, 1.807) is 6.20 Å². The lowest BCUT2D eigenvalue weighted by Gasteiger charge is -2.04. The molecule has 4 heteroatoms. The monoisotopic (exact) mass is 176 g/mol. The van der Waals surface area contributed by atoms with Crippen molar-refractivity contribution in [3.63, 3.8) is 0 Å². The Balaban J connectivity index is 2.37. The lowest BCUT2D eigenvalue weighted by Crippen LogP contribution is -2.13. The minimum Gasteiger partial charge on any atom is -0.382 e. The van der Waals surface area contributed by atoms with Crippen LogP contribution in [-0.2, 0) is 0 Å². The summed E-state index contributed by atoms with van der Waals surface area (Å²) < 4.78 is 0. The van der Waals surface area contributed by atoms with Gasteiger partial charge in [0.05, 0.1) is 16.7 Å². The fourth-order valence-corrected chi connectivity index (χ4v) is 1.31. The normalized spacial score (nSPS) is 10.5. The maximum atomic E-state index is 5.41. The highest BCUT2D eigenvalue weighted by molar-refractivity contribution is 5.87. The average Bonchev–Trinajstić information content (AvgIpc) is 2.62. The molecule has 0 bridgehead atoms. The van der Waals surface area contributed by atoms with E-state index in [2.05, 4.69) is 15.3 Å². The van der Waals surface area contributed by atoms with Gasteiger partial charge in [-0.25, -0.2) is 0 Å². The fourth-order valence-electron chi connectivity index (χ4n) is 1.31. The second kappa shape index (κ2) is 3.45. The van der Waals surface area contributed by atoms with Gasteiger partial charge in [-0.1, -0.05) is 0 Å². The van der Waals surface area contributed by atoms with E-state index < -0.39 is 0 Å². The number of hydrogen-bond donors (Lipinski definition) is 3. The number of rotatable bonds is 3. The Bertz CT molecular complexity index is 393. The zero-order valence-electron chi connectivity index (χ0n) is 7.25. The number of nitrogens with zero attached hydrogens (tertiary/aromatic N) is 1. The Hall–Kier alpha value is -1.55. The van der Waals surface area contributed by atoms with E-state index in [4.69, 9.17) is 5.73 Å². The van der Waals surface area contributed by atoms with E-state index in [1.807, 2.05) is 18.3 Å². The molecule has 0 amide bonds. The predicted molar refractivity (Wildman–Crippen MR) is 53.6 cm³/mol. The van der Waals surface area contributed by atoms with Crippen LogP contribution in [0.15, 0.2) is 24.5 Å². The minimum atomic E-state index is 0.629. The van der Waals surface area contributed by atoms with Gasteiger partial charge in [0.15, 0.2) is 0 Å². The second-order valence-corrected chi connectivity index (χ2v) is 2.81. The number of hydrogen-bond acceptors (Lipinski definition) is 3. The lowest BCUT2D eigenvalue weighted by molar-refractivity contribution is 1.02. The highest BCUT2D eigenvalue weighted by Gasteiger charge is 2.00. The van der Waals surface area contributed by atoms with Crippen LogP contribution in [0.2, 0.25) is 0 Å². The number of nitrogens with one attached hydrogen (secondary N) is 2. The first-order valence-corrected chi connectivity index (χ1v) is 4.28. The molecule has 0 saturated carbocycles. The molecule has 2 rings (SSSR count). The Labute approximate surface area is 76.2 Å². The zero-order valence-corrected chi connectivity index (χ0v) is 7.25. The number of fused-ring (bicyclic) bond motifs is 1. The van der Waals surface area contributed by atoms with E-state index >= 15 is 0 Å². The number of aromatic amines is 1. The predicted octanol–water partition coefficient (Wildman–Crippen LogP) is 0.933. The summed E-state index contributed by atoms with van der Waals surface area (Å²) in [5, 5.41) is 3.23. The molecule has 0 aromatic carbocycles. The van der Waals surface area contributed by atoms with Crippen molar-refractivity contribution in [2.75, 3.05) is 18.4 Å². The summed E-state index contributed by atoms with van der Waals surface area (Å²) >= 11 is 0. The van der Waals surface area contributed by atoms with E-state index in [0.717, 1.165) is 23.3 Å². The van der Waals surface area contributed by atoms with Gasteiger partial charge in [-0.05, 0) is 12.1 Å². The quantitative estimate of drug-likeness (QED) is 0.651. The third-order valence-corrected chi connectivity index (χ3v) is 1.91. The highest BCUT2D eigenvalue weighted by Crippen LogP contribution is 2.18. The van der Waals surface area contributed by atoms with Crippen molar-refractivity contribution in [2.45, 2.75) is 0 Å². The summed E-state index contributed by atoms with van der Waals surface area (Å²) in [6.07, 6.45) is 3.67. The van der Waals surface area contributed by atoms with Gasteiger partial charge in [0.2, 0.25) is 0 Å². The molecule has 0 fully saturated rings. The number of aromatic nitrogens is 2. The summed E-state index contributed by atoms with van der Waals surface area (Å²) in [5.74, 6) is 0. The van der Waals surface area contributed by atoms with Crippen LogP contribution in [0.5, 0.6) is 0 Å². The third-order valence-electron chi connectivity index (χ3n) is 1.91. The van der Waals surface area contributed by atoms with Crippen LogP contribution in [0.1, 0.15) is 0 Å². The van der Waals surface area contributed by atoms with Crippen molar-refractivity contribution < 1.29 is 0 Å². The molecule has 0 aliphatic carbocycles. The summed E-state index contributed by atoms with van der Waals surface area (Å²) in [6, 6.07) is 3.89. The number of pyridine rings is 1. The molecular weight excluding hydrogens is 164 g/mol. The van der Waals surface area contributed by atoms with E-state index in [0.29, 0.717) is 6.54 Å². The van der Waals surface area contributed by atoms with E-state index in [1.165, 1.54) is 0 Å². The number of H-pyrrole nitrogens is 1. The van der Waals surface area contributed by atoms with Crippen molar-refractivity contribution in [3.8, 4) is 0 Å². The van der Waals surface area contributed by atoms with Crippen molar-refractivity contribution in [1.29, 1.82) is 0 Å². The Morgan fingerprint density at radius 2 is 2.38 bits per heavy atom. The maximum absolute atomic E-state index is 5.41. The zero-order chi connectivity index (χ0) is 9.10. The molecule has 0 aliphatic rings. The Morgan fingerprint density at radius 1 is 1.46 bits per heavy atom. The van der Waals surface area contributed by atoms with Gasteiger partial charge in [-0.3, -0.25) is 4.98 Å². The highest BCUT2D eigenvalue weighted by atomic mass is 14.9. The molecule has 0 atom stereocenters.